The van der Waals surface area contributed by atoms with Crippen molar-refractivity contribution in [2.24, 2.45) is 0 Å². The Bertz CT molecular complexity index is 457. The molecule has 0 aliphatic carbocycles. The molecule has 0 aliphatic rings. The van der Waals surface area contributed by atoms with Gasteiger partial charge in [0.1, 0.15) is 0 Å². The van der Waals surface area contributed by atoms with E-state index >= 15 is 0 Å². The minimum atomic E-state index is -0.623. The topological polar surface area (TPSA) is 44.8 Å². The highest BCUT2D eigenvalue weighted by molar-refractivity contribution is 6.34. The average Bonchev–Trinajstić information content (AvgIpc) is 2.42. The van der Waals surface area contributed by atoms with Crippen LogP contribution in [0.2, 0.25) is 0 Å². The summed E-state index contributed by atoms with van der Waals surface area (Å²) in [5.74, 6) is 1.23. The first-order valence-electron chi connectivity index (χ1n) is 6.80. The number of alkyl halides is 1. The average molecular weight is 301 g/mol. The van der Waals surface area contributed by atoms with Gasteiger partial charge in [-0.1, -0.05) is 0 Å². The molecule has 0 saturated heterocycles. The molecule has 20 heavy (non-hydrogen) atoms. The summed E-state index contributed by atoms with van der Waals surface area (Å²) in [6.07, 6.45) is 0. The van der Waals surface area contributed by atoms with Crippen LogP contribution in [0.5, 0.6) is 17.2 Å². The second kappa shape index (κ2) is 8.00. The smallest absolute Gasteiger partial charge is 0.204 e. The van der Waals surface area contributed by atoms with Crippen LogP contribution in [0.4, 0.5) is 0 Å². The van der Waals surface area contributed by atoms with Gasteiger partial charge in [0.05, 0.1) is 30.8 Å². The van der Waals surface area contributed by atoms with Crippen molar-refractivity contribution in [3.8, 4) is 17.2 Å². The molecule has 112 valence electrons. The molecule has 0 amide bonds. The molecular weight excluding hydrogens is 280 g/mol. The van der Waals surface area contributed by atoms with Crippen LogP contribution in [0.25, 0.3) is 0 Å². The summed E-state index contributed by atoms with van der Waals surface area (Å²) < 4.78 is 16.7. The summed E-state index contributed by atoms with van der Waals surface area (Å²) in [5.41, 5.74) is 0.418. The van der Waals surface area contributed by atoms with E-state index in [9.17, 15) is 4.79 Å². The van der Waals surface area contributed by atoms with Gasteiger partial charge in [0.2, 0.25) is 5.75 Å². The molecule has 0 spiro atoms. The number of halogens is 1. The Morgan fingerprint density at radius 1 is 1.05 bits per heavy atom. The van der Waals surface area contributed by atoms with Gasteiger partial charge < -0.3 is 14.2 Å². The van der Waals surface area contributed by atoms with Crippen LogP contribution in [0.3, 0.4) is 0 Å². The molecule has 0 saturated carbocycles. The third-order valence-electron chi connectivity index (χ3n) is 2.58. The van der Waals surface area contributed by atoms with Gasteiger partial charge in [0.25, 0.3) is 0 Å². The standard InChI is InChI=1S/C15H21ClO4/c1-5-18-12-9-8-11(13(17)10(4)16)14(19-6-2)15(12)20-7-3/h8-10H,5-7H2,1-4H3. The Balaban J connectivity index is 3.38. The number of ketones is 1. The fraction of sp³-hybridized carbons (Fsp3) is 0.533. The molecule has 1 aromatic rings. The van der Waals surface area contributed by atoms with Gasteiger partial charge in [0.15, 0.2) is 17.3 Å². The van der Waals surface area contributed by atoms with Crippen molar-refractivity contribution in [3.05, 3.63) is 17.7 Å². The molecule has 1 atom stereocenters. The summed E-state index contributed by atoms with van der Waals surface area (Å²) in [6, 6.07) is 3.38. The largest absolute Gasteiger partial charge is 0.490 e. The number of carbonyl (C=O) groups is 1. The molecule has 0 N–H and O–H groups in total. The predicted molar refractivity (Wildman–Crippen MR) is 79.6 cm³/mol. The third-order valence-corrected chi connectivity index (χ3v) is 2.78. The maximum atomic E-state index is 12.2. The minimum absolute atomic E-state index is 0.195. The molecule has 0 heterocycles. The normalized spacial score (nSPS) is 11.8. The van der Waals surface area contributed by atoms with Gasteiger partial charge in [-0.2, -0.15) is 0 Å². The molecule has 0 aromatic heterocycles. The number of hydrogen-bond acceptors (Lipinski definition) is 4. The monoisotopic (exact) mass is 300 g/mol. The van der Waals surface area contributed by atoms with E-state index < -0.39 is 5.38 Å². The maximum Gasteiger partial charge on any atom is 0.204 e. The van der Waals surface area contributed by atoms with E-state index in [0.29, 0.717) is 42.6 Å². The Labute approximate surface area is 125 Å². The van der Waals surface area contributed by atoms with Crippen LogP contribution in [0.15, 0.2) is 12.1 Å². The zero-order valence-electron chi connectivity index (χ0n) is 12.4. The predicted octanol–water partition coefficient (Wildman–Crippen LogP) is 3.69. The van der Waals surface area contributed by atoms with Crippen molar-refractivity contribution in [3.63, 3.8) is 0 Å². The lowest BCUT2D eigenvalue weighted by Crippen LogP contribution is -2.14. The van der Waals surface area contributed by atoms with E-state index in [1.807, 2.05) is 20.8 Å². The van der Waals surface area contributed by atoms with Crippen molar-refractivity contribution in [1.29, 1.82) is 0 Å². The second-order valence-electron chi connectivity index (χ2n) is 4.05. The Morgan fingerprint density at radius 2 is 1.60 bits per heavy atom. The number of hydrogen-bond donors (Lipinski definition) is 0. The third kappa shape index (κ3) is 3.79. The molecule has 0 radical (unpaired) electrons. The Kier molecular flexibility index (Phi) is 6.65. The lowest BCUT2D eigenvalue weighted by Gasteiger charge is -2.18. The van der Waals surface area contributed by atoms with Crippen LogP contribution >= 0.6 is 11.6 Å². The van der Waals surface area contributed by atoms with Crippen molar-refractivity contribution in [1.82, 2.24) is 0 Å². The van der Waals surface area contributed by atoms with Crippen LogP contribution < -0.4 is 14.2 Å². The highest BCUT2D eigenvalue weighted by Crippen LogP contribution is 2.41. The van der Waals surface area contributed by atoms with E-state index in [4.69, 9.17) is 25.8 Å². The number of rotatable bonds is 8. The molecule has 0 bridgehead atoms. The first-order chi connectivity index (χ1) is 9.56. The number of benzene rings is 1. The summed E-state index contributed by atoms with van der Waals surface area (Å²) in [4.78, 5) is 12.2. The Morgan fingerprint density at radius 3 is 2.10 bits per heavy atom. The summed E-state index contributed by atoms with van der Waals surface area (Å²) in [5, 5.41) is -0.623. The van der Waals surface area contributed by atoms with E-state index in [1.165, 1.54) is 0 Å². The van der Waals surface area contributed by atoms with Gasteiger partial charge in [-0.15, -0.1) is 11.6 Å². The van der Waals surface area contributed by atoms with Crippen molar-refractivity contribution >= 4 is 17.4 Å². The van der Waals surface area contributed by atoms with Crippen LogP contribution in [-0.2, 0) is 0 Å². The molecule has 0 fully saturated rings. The van der Waals surface area contributed by atoms with Gasteiger partial charge in [-0.25, -0.2) is 0 Å². The minimum Gasteiger partial charge on any atom is -0.490 e. The summed E-state index contributed by atoms with van der Waals surface area (Å²) in [7, 11) is 0. The van der Waals surface area contributed by atoms with E-state index in [0.717, 1.165) is 0 Å². The molecule has 1 unspecified atom stereocenters. The van der Waals surface area contributed by atoms with Crippen LogP contribution in [0.1, 0.15) is 38.1 Å². The fourth-order valence-corrected chi connectivity index (χ4v) is 1.91. The van der Waals surface area contributed by atoms with E-state index in [2.05, 4.69) is 0 Å². The van der Waals surface area contributed by atoms with E-state index in [1.54, 1.807) is 19.1 Å². The quantitative estimate of drug-likeness (QED) is 0.542. The van der Waals surface area contributed by atoms with Crippen molar-refractivity contribution in [2.75, 3.05) is 19.8 Å². The van der Waals surface area contributed by atoms with Crippen LogP contribution in [0, 0.1) is 0 Å². The Hall–Kier alpha value is -1.42. The number of carbonyl (C=O) groups excluding carboxylic acids is 1. The summed E-state index contributed by atoms with van der Waals surface area (Å²) >= 11 is 5.89. The second-order valence-corrected chi connectivity index (χ2v) is 4.70. The molecule has 4 nitrogen and oxygen atoms in total. The van der Waals surface area contributed by atoms with Gasteiger partial charge in [-0.3, -0.25) is 4.79 Å². The van der Waals surface area contributed by atoms with Crippen molar-refractivity contribution < 1.29 is 19.0 Å². The molecule has 1 rings (SSSR count). The van der Waals surface area contributed by atoms with Gasteiger partial charge in [-0.05, 0) is 39.8 Å². The molecule has 5 heteroatoms. The highest BCUT2D eigenvalue weighted by atomic mass is 35.5. The molecule has 1 aromatic carbocycles. The van der Waals surface area contributed by atoms with Crippen LogP contribution in [-0.4, -0.2) is 31.0 Å². The lowest BCUT2D eigenvalue weighted by atomic mass is 10.1. The molecular formula is C15H21ClO4. The zero-order valence-corrected chi connectivity index (χ0v) is 13.1. The summed E-state index contributed by atoms with van der Waals surface area (Å²) in [6.45, 7) is 8.61. The SMILES string of the molecule is CCOc1ccc(C(=O)C(C)Cl)c(OCC)c1OCC. The lowest BCUT2D eigenvalue weighted by molar-refractivity contribution is 0.0987. The van der Waals surface area contributed by atoms with Gasteiger partial charge >= 0.3 is 0 Å². The molecule has 0 aliphatic heterocycles. The first-order valence-corrected chi connectivity index (χ1v) is 7.24. The zero-order chi connectivity index (χ0) is 15.1. The fourth-order valence-electron chi connectivity index (χ4n) is 1.79. The number of Topliss-reactive ketones (excluding diaryl/α,β-unsaturated/α-hetero) is 1. The van der Waals surface area contributed by atoms with E-state index in [-0.39, 0.29) is 5.78 Å². The number of ether oxygens (including phenoxy) is 3. The highest BCUT2D eigenvalue weighted by Gasteiger charge is 2.23. The first kappa shape index (κ1) is 16.6. The van der Waals surface area contributed by atoms with Gasteiger partial charge in [0, 0.05) is 0 Å². The van der Waals surface area contributed by atoms with Crippen molar-refractivity contribution in [2.45, 2.75) is 33.1 Å². The maximum absolute atomic E-state index is 12.2.